The first-order chi connectivity index (χ1) is 10.0. The van der Waals surface area contributed by atoms with Crippen LogP contribution in [0.25, 0.3) is 0 Å². The van der Waals surface area contributed by atoms with Crippen LogP contribution in [0.2, 0.25) is 0 Å². The van der Waals surface area contributed by atoms with Gasteiger partial charge in [-0.05, 0) is 18.6 Å². The third-order valence-corrected chi connectivity index (χ3v) is 4.80. The largest absolute Gasteiger partial charge is 0.311 e. The molecule has 2 N–H and O–H groups in total. The Kier molecular flexibility index (Phi) is 4.74. The zero-order valence-corrected chi connectivity index (χ0v) is 12.5. The van der Waals surface area contributed by atoms with Crippen molar-refractivity contribution >= 4 is 21.6 Å². The lowest BCUT2D eigenvalue weighted by Crippen LogP contribution is -2.18. The third-order valence-electron chi connectivity index (χ3n) is 3.06. The molecule has 2 aromatic rings. The summed E-state index contributed by atoms with van der Waals surface area (Å²) in [5.41, 5.74) is 0.884. The van der Waals surface area contributed by atoms with Crippen LogP contribution in [0, 0.1) is 0 Å². The second-order valence-electron chi connectivity index (χ2n) is 4.55. The summed E-state index contributed by atoms with van der Waals surface area (Å²) in [4.78, 5) is 12.1. The van der Waals surface area contributed by atoms with E-state index in [2.05, 4.69) is 15.5 Å². The van der Waals surface area contributed by atoms with E-state index in [4.69, 9.17) is 0 Å². The molecule has 1 aromatic heterocycles. The van der Waals surface area contributed by atoms with Crippen LogP contribution < -0.4 is 5.32 Å². The number of aromatic nitrogens is 2. The molecule has 0 aliphatic rings. The Morgan fingerprint density at radius 2 is 2.00 bits per heavy atom. The molecule has 0 saturated heterocycles. The van der Waals surface area contributed by atoms with Gasteiger partial charge in [0.2, 0.25) is 5.91 Å². The summed E-state index contributed by atoms with van der Waals surface area (Å²) in [6.45, 7) is 1.94. The Morgan fingerprint density at radius 3 is 2.67 bits per heavy atom. The molecule has 0 aliphatic carbocycles. The van der Waals surface area contributed by atoms with Crippen LogP contribution in [0.1, 0.15) is 18.9 Å². The zero-order valence-electron chi connectivity index (χ0n) is 11.7. The molecule has 1 aromatic carbocycles. The van der Waals surface area contributed by atoms with Gasteiger partial charge in [0, 0.05) is 12.0 Å². The van der Waals surface area contributed by atoms with Gasteiger partial charge in [0.1, 0.15) is 5.82 Å². The number of H-pyrrole nitrogens is 1. The number of aryl methyl sites for hydroxylation is 1. The number of sulfone groups is 1. The predicted molar refractivity (Wildman–Crippen MR) is 79.7 cm³/mol. The van der Waals surface area contributed by atoms with Crippen LogP contribution in [-0.2, 0) is 21.1 Å². The van der Waals surface area contributed by atoms with Gasteiger partial charge in [-0.15, -0.1) is 0 Å². The smallest absolute Gasteiger partial charge is 0.226 e. The van der Waals surface area contributed by atoms with Crippen LogP contribution in [0.3, 0.4) is 0 Å². The topological polar surface area (TPSA) is 91.9 Å². The number of amides is 1. The summed E-state index contributed by atoms with van der Waals surface area (Å²) in [5, 5.41) is 9.17. The minimum atomic E-state index is -3.44. The van der Waals surface area contributed by atoms with Crippen LogP contribution in [0.5, 0.6) is 0 Å². The predicted octanol–water partition coefficient (Wildman–Crippen LogP) is 1.77. The minimum absolute atomic E-state index is 0.0978. The Hall–Kier alpha value is -2.15. The van der Waals surface area contributed by atoms with Gasteiger partial charge < -0.3 is 5.32 Å². The summed E-state index contributed by atoms with van der Waals surface area (Å²) < 4.78 is 24.1. The molecule has 0 aliphatic heterocycles. The lowest BCUT2D eigenvalue weighted by molar-refractivity contribution is -0.115. The standard InChI is InChI=1S/C14H17N3O3S/c1-2-11-10-15-17-14(11)16-13(18)8-9-21(19,20)12-6-4-3-5-7-12/h3-7,10H,2,8-9H2,1H3,(H2,15,16,17,18). The number of nitrogens with zero attached hydrogens (tertiary/aromatic N) is 1. The molecule has 1 amide bonds. The normalized spacial score (nSPS) is 11.3. The van der Waals surface area contributed by atoms with Gasteiger partial charge >= 0.3 is 0 Å². The van der Waals surface area contributed by atoms with Crippen molar-refractivity contribution < 1.29 is 13.2 Å². The number of carbonyl (C=O) groups excluding carboxylic acids is 1. The van der Waals surface area contributed by atoms with Crippen LogP contribution >= 0.6 is 0 Å². The van der Waals surface area contributed by atoms with Gasteiger partial charge in [-0.3, -0.25) is 9.89 Å². The van der Waals surface area contributed by atoms with E-state index in [0.29, 0.717) is 5.82 Å². The Morgan fingerprint density at radius 1 is 1.29 bits per heavy atom. The highest BCUT2D eigenvalue weighted by atomic mass is 32.2. The molecule has 1 heterocycles. The Labute approximate surface area is 123 Å². The van der Waals surface area contributed by atoms with Crippen molar-refractivity contribution in [3.63, 3.8) is 0 Å². The first-order valence-electron chi connectivity index (χ1n) is 6.63. The van der Waals surface area contributed by atoms with Crippen LogP contribution in [0.4, 0.5) is 5.82 Å². The lowest BCUT2D eigenvalue weighted by Gasteiger charge is -2.06. The van der Waals surface area contributed by atoms with Crippen molar-refractivity contribution in [3.8, 4) is 0 Å². The van der Waals surface area contributed by atoms with Gasteiger partial charge in [0.15, 0.2) is 9.84 Å². The maximum atomic E-state index is 12.1. The first-order valence-corrected chi connectivity index (χ1v) is 8.28. The molecular formula is C14H17N3O3S. The van der Waals surface area contributed by atoms with Crippen molar-refractivity contribution in [2.45, 2.75) is 24.7 Å². The van der Waals surface area contributed by atoms with Crippen molar-refractivity contribution in [2.24, 2.45) is 0 Å². The van der Waals surface area contributed by atoms with E-state index in [-0.39, 0.29) is 23.0 Å². The van der Waals surface area contributed by atoms with E-state index >= 15 is 0 Å². The van der Waals surface area contributed by atoms with Crippen LogP contribution in [-0.4, -0.2) is 30.3 Å². The molecular weight excluding hydrogens is 290 g/mol. The molecule has 21 heavy (non-hydrogen) atoms. The van der Waals surface area contributed by atoms with Crippen molar-refractivity contribution in [1.29, 1.82) is 0 Å². The summed E-state index contributed by atoms with van der Waals surface area (Å²) in [6.07, 6.45) is 2.27. The third kappa shape index (κ3) is 3.91. The zero-order chi connectivity index (χ0) is 15.3. The second kappa shape index (κ2) is 6.53. The molecule has 2 rings (SSSR count). The van der Waals surface area contributed by atoms with E-state index in [0.717, 1.165) is 12.0 Å². The van der Waals surface area contributed by atoms with E-state index in [1.165, 1.54) is 12.1 Å². The fourth-order valence-electron chi connectivity index (χ4n) is 1.86. The fraction of sp³-hybridized carbons (Fsp3) is 0.286. The molecule has 0 fully saturated rings. The molecule has 0 saturated carbocycles. The molecule has 6 nitrogen and oxygen atoms in total. The number of benzene rings is 1. The maximum absolute atomic E-state index is 12.1. The SMILES string of the molecule is CCc1cn[nH]c1NC(=O)CCS(=O)(=O)c1ccccc1. The minimum Gasteiger partial charge on any atom is -0.311 e. The van der Waals surface area contributed by atoms with Crippen LogP contribution in [0.15, 0.2) is 41.4 Å². The van der Waals surface area contributed by atoms with E-state index in [9.17, 15) is 13.2 Å². The first kappa shape index (κ1) is 15.2. The van der Waals surface area contributed by atoms with Gasteiger partial charge in [0.25, 0.3) is 0 Å². The highest BCUT2D eigenvalue weighted by molar-refractivity contribution is 7.91. The molecule has 0 atom stereocenters. The van der Waals surface area contributed by atoms with Crippen molar-refractivity contribution in [2.75, 3.05) is 11.1 Å². The molecule has 0 spiro atoms. The highest BCUT2D eigenvalue weighted by Gasteiger charge is 2.16. The van der Waals surface area contributed by atoms with E-state index < -0.39 is 9.84 Å². The van der Waals surface area contributed by atoms with Gasteiger partial charge in [0.05, 0.1) is 16.8 Å². The summed E-state index contributed by atoms with van der Waals surface area (Å²) in [6, 6.07) is 8.11. The number of rotatable bonds is 6. The summed E-state index contributed by atoms with van der Waals surface area (Å²) in [5.74, 6) is -0.0496. The molecule has 0 bridgehead atoms. The van der Waals surface area contributed by atoms with E-state index in [1.807, 2.05) is 6.92 Å². The fourth-order valence-corrected chi connectivity index (χ4v) is 3.12. The van der Waals surface area contributed by atoms with Crippen molar-refractivity contribution in [3.05, 3.63) is 42.1 Å². The van der Waals surface area contributed by atoms with Crippen molar-refractivity contribution in [1.82, 2.24) is 10.2 Å². The quantitative estimate of drug-likeness (QED) is 0.851. The lowest BCUT2D eigenvalue weighted by atomic mass is 10.2. The number of carbonyl (C=O) groups is 1. The summed E-state index contributed by atoms with van der Waals surface area (Å²) in [7, 11) is -3.44. The highest BCUT2D eigenvalue weighted by Crippen LogP contribution is 2.14. The summed E-state index contributed by atoms with van der Waals surface area (Å²) >= 11 is 0. The maximum Gasteiger partial charge on any atom is 0.226 e. The van der Waals surface area contributed by atoms with E-state index in [1.54, 1.807) is 24.4 Å². The number of hydrogen-bond acceptors (Lipinski definition) is 4. The van der Waals surface area contributed by atoms with Gasteiger partial charge in [-0.1, -0.05) is 25.1 Å². The molecule has 112 valence electrons. The number of hydrogen-bond donors (Lipinski definition) is 2. The molecule has 7 heteroatoms. The average molecular weight is 307 g/mol. The van der Waals surface area contributed by atoms with Gasteiger partial charge in [-0.25, -0.2) is 8.42 Å². The average Bonchev–Trinajstić information content (AvgIpc) is 2.93. The number of nitrogens with one attached hydrogen (secondary N) is 2. The monoisotopic (exact) mass is 307 g/mol. The second-order valence-corrected chi connectivity index (χ2v) is 6.66. The number of anilines is 1. The molecule has 0 unspecified atom stereocenters. The van der Waals surface area contributed by atoms with Gasteiger partial charge in [-0.2, -0.15) is 5.10 Å². The number of aromatic amines is 1. The Bertz CT molecular complexity index is 708. The molecule has 0 radical (unpaired) electrons. The Balaban J connectivity index is 1.95.